The van der Waals surface area contributed by atoms with Gasteiger partial charge in [0, 0.05) is 30.4 Å². The molecule has 0 atom stereocenters. The Morgan fingerprint density at radius 2 is 1.72 bits per heavy atom. The summed E-state index contributed by atoms with van der Waals surface area (Å²) >= 11 is 5.91. The Morgan fingerprint density at radius 3 is 2.32 bits per heavy atom. The molecule has 0 aromatic heterocycles. The van der Waals surface area contributed by atoms with Gasteiger partial charge in [0.05, 0.1) is 5.41 Å². The molecule has 0 radical (unpaired) electrons. The van der Waals surface area contributed by atoms with Crippen molar-refractivity contribution in [2.45, 2.75) is 18.3 Å². The Labute approximate surface area is 151 Å². The van der Waals surface area contributed by atoms with Crippen molar-refractivity contribution in [2.75, 3.05) is 19.0 Å². The maximum absolute atomic E-state index is 12.6. The molecular weight excluding hydrogens is 338 g/mol. The van der Waals surface area contributed by atoms with Crippen LogP contribution in [0.3, 0.4) is 0 Å². The number of hydrogen-bond donors (Lipinski definition) is 2. The van der Waals surface area contributed by atoms with Crippen LogP contribution < -0.4 is 15.8 Å². The monoisotopic (exact) mass is 357 g/mol. The molecule has 0 unspecified atom stereocenters. The highest BCUT2D eigenvalue weighted by Gasteiger charge is 2.51. The van der Waals surface area contributed by atoms with E-state index in [1.165, 1.54) is 0 Å². The Balaban J connectivity index is 1.65. The lowest BCUT2D eigenvalue weighted by Gasteiger charge is -2.17. The van der Waals surface area contributed by atoms with Crippen LogP contribution in [0.15, 0.2) is 48.5 Å². The first-order valence-electron chi connectivity index (χ1n) is 8.07. The molecule has 1 aliphatic carbocycles. The van der Waals surface area contributed by atoms with Gasteiger partial charge in [-0.25, -0.2) is 0 Å². The summed E-state index contributed by atoms with van der Waals surface area (Å²) < 4.78 is 0. The van der Waals surface area contributed by atoms with E-state index in [2.05, 4.69) is 10.9 Å². The average molecular weight is 358 g/mol. The number of nitrogens with zero attached hydrogens (tertiary/aromatic N) is 1. The van der Waals surface area contributed by atoms with Crippen molar-refractivity contribution >= 4 is 29.1 Å². The van der Waals surface area contributed by atoms with Gasteiger partial charge >= 0.3 is 0 Å². The van der Waals surface area contributed by atoms with Crippen LogP contribution in [0.1, 0.15) is 28.8 Å². The molecule has 0 spiro atoms. The molecule has 0 saturated heterocycles. The highest BCUT2D eigenvalue weighted by molar-refractivity contribution is 6.30. The summed E-state index contributed by atoms with van der Waals surface area (Å²) in [6, 6.07) is 14.5. The summed E-state index contributed by atoms with van der Waals surface area (Å²) in [7, 11) is 3.81. The first-order chi connectivity index (χ1) is 11.9. The highest BCUT2D eigenvalue weighted by atomic mass is 35.5. The second-order valence-electron chi connectivity index (χ2n) is 6.44. The molecule has 1 fully saturated rings. The quantitative estimate of drug-likeness (QED) is 0.827. The zero-order valence-electron chi connectivity index (χ0n) is 14.2. The summed E-state index contributed by atoms with van der Waals surface area (Å²) in [6.45, 7) is 0. The molecule has 5 nitrogen and oxygen atoms in total. The standard InChI is InChI=1S/C19H20ClN3O2/c1-23(2)16-5-3-4-13(12-16)17(24)21-22-18(25)19(10-11-19)14-6-8-15(20)9-7-14/h3-9,12H,10-11H2,1-2H3,(H,21,24)(H,22,25). The van der Waals surface area contributed by atoms with Gasteiger partial charge in [0.15, 0.2) is 0 Å². The van der Waals surface area contributed by atoms with Crippen molar-refractivity contribution in [1.29, 1.82) is 0 Å². The van der Waals surface area contributed by atoms with E-state index < -0.39 is 5.41 Å². The maximum Gasteiger partial charge on any atom is 0.269 e. The van der Waals surface area contributed by atoms with Gasteiger partial charge in [0.2, 0.25) is 5.91 Å². The van der Waals surface area contributed by atoms with Crippen LogP contribution in [0, 0.1) is 0 Å². The Kier molecular flexibility index (Phi) is 4.68. The smallest absolute Gasteiger partial charge is 0.269 e. The number of anilines is 1. The van der Waals surface area contributed by atoms with Crippen molar-refractivity contribution in [3.63, 3.8) is 0 Å². The molecule has 2 aromatic rings. The molecule has 0 aliphatic heterocycles. The van der Waals surface area contributed by atoms with Gasteiger partial charge in [0.25, 0.3) is 5.91 Å². The van der Waals surface area contributed by atoms with Gasteiger partial charge in [0.1, 0.15) is 0 Å². The van der Waals surface area contributed by atoms with Crippen molar-refractivity contribution in [3.05, 3.63) is 64.7 Å². The number of carbonyl (C=O) groups is 2. The summed E-state index contributed by atoms with van der Waals surface area (Å²) in [5, 5.41) is 0.633. The fraction of sp³-hybridized carbons (Fsp3) is 0.263. The van der Waals surface area contributed by atoms with E-state index in [1.807, 2.05) is 43.3 Å². The minimum absolute atomic E-state index is 0.202. The highest BCUT2D eigenvalue weighted by Crippen LogP contribution is 2.48. The molecule has 130 valence electrons. The molecule has 6 heteroatoms. The summed E-state index contributed by atoms with van der Waals surface area (Å²) in [6.07, 6.45) is 1.51. The van der Waals surface area contributed by atoms with Gasteiger partial charge in [-0.3, -0.25) is 20.4 Å². The van der Waals surface area contributed by atoms with Gasteiger partial charge in [-0.05, 0) is 48.7 Å². The van der Waals surface area contributed by atoms with Crippen molar-refractivity contribution < 1.29 is 9.59 Å². The normalized spacial score (nSPS) is 14.5. The third-order valence-electron chi connectivity index (χ3n) is 4.50. The molecule has 0 bridgehead atoms. The number of hydrogen-bond acceptors (Lipinski definition) is 3. The molecular formula is C19H20ClN3O2. The molecule has 0 heterocycles. The fourth-order valence-electron chi connectivity index (χ4n) is 2.77. The van der Waals surface area contributed by atoms with Crippen LogP contribution in [-0.4, -0.2) is 25.9 Å². The second-order valence-corrected chi connectivity index (χ2v) is 6.88. The van der Waals surface area contributed by atoms with E-state index in [0.717, 1.165) is 24.1 Å². The van der Waals surface area contributed by atoms with E-state index in [4.69, 9.17) is 11.6 Å². The molecule has 1 aliphatic rings. The maximum atomic E-state index is 12.6. The topological polar surface area (TPSA) is 61.4 Å². The van der Waals surface area contributed by atoms with E-state index >= 15 is 0 Å². The van der Waals surface area contributed by atoms with Crippen molar-refractivity contribution in [2.24, 2.45) is 0 Å². The number of benzene rings is 2. The molecule has 3 rings (SSSR count). The van der Waals surface area contributed by atoms with Crippen LogP contribution in [-0.2, 0) is 10.2 Å². The predicted octanol–water partition coefficient (Wildman–Crippen LogP) is 2.90. The van der Waals surface area contributed by atoms with Crippen molar-refractivity contribution in [3.8, 4) is 0 Å². The van der Waals surface area contributed by atoms with Gasteiger partial charge in [-0.1, -0.05) is 29.8 Å². The molecule has 2 amide bonds. The summed E-state index contributed by atoms with van der Waals surface area (Å²) in [4.78, 5) is 26.8. The van der Waals surface area contributed by atoms with E-state index in [0.29, 0.717) is 10.6 Å². The van der Waals surface area contributed by atoms with Crippen LogP contribution in [0.4, 0.5) is 5.69 Å². The minimum Gasteiger partial charge on any atom is -0.378 e. The summed E-state index contributed by atoms with van der Waals surface area (Å²) in [5.74, 6) is -0.545. The predicted molar refractivity (Wildman–Crippen MR) is 98.7 cm³/mol. The van der Waals surface area contributed by atoms with Crippen LogP contribution in [0.5, 0.6) is 0 Å². The van der Waals surface area contributed by atoms with Crippen LogP contribution >= 0.6 is 11.6 Å². The lowest BCUT2D eigenvalue weighted by Crippen LogP contribution is -2.46. The van der Waals surface area contributed by atoms with Gasteiger partial charge < -0.3 is 4.90 Å². The second kappa shape index (κ2) is 6.76. The number of hydrazine groups is 1. The van der Waals surface area contributed by atoms with E-state index in [-0.39, 0.29) is 11.8 Å². The number of carbonyl (C=O) groups excluding carboxylic acids is 2. The van der Waals surface area contributed by atoms with E-state index in [1.54, 1.807) is 24.3 Å². The molecule has 1 saturated carbocycles. The number of amides is 2. The minimum atomic E-state index is -0.566. The fourth-order valence-corrected chi connectivity index (χ4v) is 2.90. The van der Waals surface area contributed by atoms with Crippen LogP contribution in [0.2, 0.25) is 5.02 Å². The van der Waals surface area contributed by atoms with Crippen LogP contribution in [0.25, 0.3) is 0 Å². The molecule has 25 heavy (non-hydrogen) atoms. The Hall–Kier alpha value is -2.53. The third kappa shape index (κ3) is 3.61. The largest absolute Gasteiger partial charge is 0.378 e. The lowest BCUT2D eigenvalue weighted by molar-refractivity contribution is -0.124. The first-order valence-corrected chi connectivity index (χ1v) is 8.44. The summed E-state index contributed by atoms with van der Waals surface area (Å²) in [5.41, 5.74) is 6.82. The molecule has 2 aromatic carbocycles. The first kappa shape index (κ1) is 17.3. The number of nitrogens with one attached hydrogen (secondary N) is 2. The third-order valence-corrected chi connectivity index (χ3v) is 4.75. The van der Waals surface area contributed by atoms with Gasteiger partial charge in [-0.15, -0.1) is 0 Å². The van der Waals surface area contributed by atoms with E-state index in [9.17, 15) is 9.59 Å². The Bertz CT molecular complexity index is 799. The molecule has 2 N–H and O–H groups in total. The zero-order valence-corrected chi connectivity index (χ0v) is 14.9. The zero-order chi connectivity index (χ0) is 18.0. The number of halogens is 1. The Morgan fingerprint density at radius 1 is 1.04 bits per heavy atom. The average Bonchev–Trinajstić information content (AvgIpc) is 3.42. The SMILES string of the molecule is CN(C)c1cccc(C(=O)NNC(=O)C2(c3ccc(Cl)cc3)CC2)c1. The van der Waals surface area contributed by atoms with Gasteiger partial charge in [-0.2, -0.15) is 0 Å². The number of rotatable bonds is 4. The lowest BCUT2D eigenvalue weighted by atomic mass is 9.95. The van der Waals surface area contributed by atoms with Crippen molar-refractivity contribution in [1.82, 2.24) is 10.9 Å².